The van der Waals surface area contributed by atoms with E-state index < -0.39 is 0 Å². The zero-order valence-corrected chi connectivity index (χ0v) is 10.1. The molecule has 0 aromatic carbocycles. The first-order chi connectivity index (χ1) is 7.20. The van der Waals surface area contributed by atoms with Crippen molar-refractivity contribution in [1.82, 2.24) is 14.7 Å². The molecule has 4 heteroatoms. The average molecular weight is 228 g/mol. The Morgan fingerprint density at radius 1 is 1.60 bits per heavy atom. The summed E-state index contributed by atoms with van der Waals surface area (Å²) in [6.45, 7) is 4.43. The van der Waals surface area contributed by atoms with Crippen LogP contribution in [0.5, 0.6) is 0 Å². The van der Waals surface area contributed by atoms with Gasteiger partial charge in [-0.3, -0.25) is 9.58 Å². The van der Waals surface area contributed by atoms with Gasteiger partial charge in [0.15, 0.2) is 0 Å². The van der Waals surface area contributed by atoms with Gasteiger partial charge in [0.05, 0.1) is 6.20 Å². The molecule has 0 radical (unpaired) electrons. The van der Waals surface area contributed by atoms with E-state index in [1.54, 1.807) is 0 Å². The van der Waals surface area contributed by atoms with Crippen LogP contribution in [-0.4, -0.2) is 33.1 Å². The molecule has 0 aliphatic carbocycles. The van der Waals surface area contributed by atoms with Gasteiger partial charge in [0, 0.05) is 37.3 Å². The molecule has 1 aliphatic heterocycles. The van der Waals surface area contributed by atoms with Crippen LogP contribution in [0.25, 0.3) is 0 Å². The fourth-order valence-electron chi connectivity index (χ4n) is 2.32. The van der Waals surface area contributed by atoms with Gasteiger partial charge in [-0.25, -0.2) is 0 Å². The molecule has 0 N–H and O–H groups in total. The number of likely N-dealkylation sites (tertiary alicyclic amines) is 1. The van der Waals surface area contributed by atoms with Crippen molar-refractivity contribution >= 4 is 11.6 Å². The maximum Gasteiger partial charge on any atom is 0.0534 e. The Kier molecular flexibility index (Phi) is 3.32. The third-order valence-electron chi connectivity index (χ3n) is 3.30. The average Bonchev–Trinajstić information content (AvgIpc) is 2.75. The van der Waals surface area contributed by atoms with Crippen molar-refractivity contribution in [2.45, 2.75) is 25.9 Å². The lowest BCUT2D eigenvalue weighted by Crippen LogP contribution is -2.32. The van der Waals surface area contributed by atoms with E-state index in [-0.39, 0.29) is 0 Å². The Morgan fingerprint density at radius 2 is 2.40 bits per heavy atom. The van der Waals surface area contributed by atoms with E-state index in [0.717, 1.165) is 24.9 Å². The number of halogens is 1. The Balaban J connectivity index is 2.00. The third kappa shape index (κ3) is 2.34. The molecule has 2 heterocycles. The summed E-state index contributed by atoms with van der Waals surface area (Å²) in [6.07, 6.45) is 5.28. The lowest BCUT2D eigenvalue weighted by atomic mass is 10.1. The van der Waals surface area contributed by atoms with Crippen LogP contribution in [0, 0.1) is 5.92 Å². The lowest BCUT2D eigenvalue weighted by Gasteiger charge is -2.24. The minimum atomic E-state index is 0.534. The van der Waals surface area contributed by atoms with E-state index in [9.17, 15) is 0 Å². The number of nitrogens with zero attached hydrogens (tertiary/aromatic N) is 3. The van der Waals surface area contributed by atoms with Crippen LogP contribution in [0.15, 0.2) is 12.4 Å². The van der Waals surface area contributed by atoms with Gasteiger partial charge in [0.1, 0.15) is 0 Å². The molecule has 15 heavy (non-hydrogen) atoms. The highest BCUT2D eigenvalue weighted by Gasteiger charge is 2.30. The Bertz CT molecular complexity index is 323. The van der Waals surface area contributed by atoms with Crippen LogP contribution in [-0.2, 0) is 13.6 Å². The number of alkyl halides is 1. The molecule has 1 fully saturated rings. The molecule has 0 saturated carbocycles. The molecule has 2 rings (SSSR count). The normalized spacial score (nSPS) is 27.4. The number of aromatic nitrogens is 2. The van der Waals surface area contributed by atoms with Crippen LogP contribution < -0.4 is 0 Å². The summed E-state index contributed by atoms with van der Waals surface area (Å²) in [4.78, 5) is 2.47. The molecule has 3 nitrogen and oxygen atoms in total. The first-order valence-electron chi connectivity index (χ1n) is 5.48. The molecular weight excluding hydrogens is 210 g/mol. The SMILES string of the molecule is CC1CCN(Cc2cnn(C)c2)C1CCl. The Hall–Kier alpha value is -0.540. The monoisotopic (exact) mass is 227 g/mol. The van der Waals surface area contributed by atoms with Gasteiger partial charge in [-0.2, -0.15) is 5.10 Å². The fourth-order valence-corrected chi connectivity index (χ4v) is 2.82. The predicted octanol–water partition coefficient (Wildman–Crippen LogP) is 1.87. The van der Waals surface area contributed by atoms with Crippen molar-refractivity contribution in [3.05, 3.63) is 18.0 Å². The fraction of sp³-hybridized carbons (Fsp3) is 0.727. The zero-order chi connectivity index (χ0) is 10.8. The van der Waals surface area contributed by atoms with Crippen molar-refractivity contribution in [1.29, 1.82) is 0 Å². The molecule has 1 saturated heterocycles. The molecule has 84 valence electrons. The van der Waals surface area contributed by atoms with Gasteiger partial charge in [0.25, 0.3) is 0 Å². The molecule has 0 bridgehead atoms. The van der Waals surface area contributed by atoms with Gasteiger partial charge >= 0.3 is 0 Å². The van der Waals surface area contributed by atoms with Crippen molar-refractivity contribution in [3.63, 3.8) is 0 Å². The maximum atomic E-state index is 6.01. The summed E-state index contributed by atoms with van der Waals surface area (Å²) < 4.78 is 1.85. The Labute approximate surface area is 96.0 Å². The molecule has 0 amide bonds. The number of aryl methyl sites for hydroxylation is 1. The van der Waals surface area contributed by atoms with E-state index in [4.69, 9.17) is 11.6 Å². The number of hydrogen-bond donors (Lipinski definition) is 0. The summed E-state index contributed by atoms with van der Waals surface area (Å²) in [5.41, 5.74) is 1.28. The highest BCUT2D eigenvalue weighted by atomic mass is 35.5. The van der Waals surface area contributed by atoms with Gasteiger partial charge in [-0.05, 0) is 18.9 Å². The standard InChI is InChI=1S/C11H18ClN3/c1-9-3-4-15(11(9)5-12)8-10-6-13-14(2)7-10/h6-7,9,11H,3-5,8H2,1-2H3. The van der Waals surface area contributed by atoms with Crippen LogP contribution in [0.1, 0.15) is 18.9 Å². The van der Waals surface area contributed by atoms with Crippen molar-refractivity contribution in [2.75, 3.05) is 12.4 Å². The molecule has 0 spiro atoms. The van der Waals surface area contributed by atoms with Crippen molar-refractivity contribution in [2.24, 2.45) is 13.0 Å². The summed E-state index contributed by atoms with van der Waals surface area (Å²) in [5, 5.41) is 4.19. The molecule has 1 aromatic rings. The van der Waals surface area contributed by atoms with Crippen LogP contribution in [0.4, 0.5) is 0 Å². The molecule has 1 aromatic heterocycles. The van der Waals surface area contributed by atoms with E-state index in [2.05, 4.69) is 23.1 Å². The predicted molar refractivity (Wildman–Crippen MR) is 61.9 cm³/mol. The van der Waals surface area contributed by atoms with E-state index in [0.29, 0.717) is 6.04 Å². The van der Waals surface area contributed by atoms with E-state index in [1.165, 1.54) is 12.0 Å². The summed E-state index contributed by atoms with van der Waals surface area (Å²) in [7, 11) is 1.95. The second-order valence-electron chi connectivity index (χ2n) is 4.48. The van der Waals surface area contributed by atoms with E-state index in [1.807, 2.05) is 17.9 Å². The van der Waals surface area contributed by atoms with E-state index >= 15 is 0 Å². The second kappa shape index (κ2) is 4.54. The molecule has 2 unspecified atom stereocenters. The third-order valence-corrected chi connectivity index (χ3v) is 3.62. The Morgan fingerprint density at radius 3 is 3.00 bits per heavy atom. The minimum Gasteiger partial charge on any atom is -0.295 e. The zero-order valence-electron chi connectivity index (χ0n) is 9.36. The summed E-state index contributed by atoms with van der Waals surface area (Å²) in [5.74, 6) is 1.46. The molecular formula is C11H18ClN3. The van der Waals surface area contributed by atoms with Crippen LogP contribution in [0.3, 0.4) is 0 Å². The highest BCUT2D eigenvalue weighted by molar-refractivity contribution is 6.18. The highest BCUT2D eigenvalue weighted by Crippen LogP contribution is 2.26. The molecule has 1 aliphatic rings. The first kappa shape index (κ1) is 11.0. The topological polar surface area (TPSA) is 21.1 Å². The lowest BCUT2D eigenvalue weighted by molar-refractivity contribution is 0.242. The number of hydrogen-bond acceptors (Lipinski definition) is 2. The smallest absolute Gasteiger partial charge is 0.0534 e. The van der Waals surface area contributed by atoms with Gasteiger partial charge in [0.2, 0.25) is 0 Å². The van der Waals surface area contributed by atoms with Gasteiger partial charge in [-0.1, -0.05) is 6.92 Å². The van der Waals surface area contributed by atoms with Crippen LogP contribution in [0.2, 0.25) is 0 Å². The largest absolute Gasteiger partial charge is 0.295 e. The van der Waals surface area contributed by atoms with Crippen molar-refractivity contribution in [3.8, 4) is 0 Å². The minimum absolute atomic E-state index is 0.534. The quantitative estimate of drug-likeness (QED) is 0.736. The van der Waals surface area contributed by atoms with Gasteiger partial charge in [-0.15, -0.1) is 11.6 Å². The van der Waals surface area contributed by atoms with Crippen LogP contribution >= 0.6 is 11.6 Å². The first-order valence-corrected chi connectivity index (χ1v) is 6.01. The molecule has 2 atom stereocenters. The summed E-state index contributed by atoms with van der Waals surface area (Å²) in [6, 6.07) is 0.534. The second-order valence-corrected chi connectivity index (χ2v) is 4.79. The van der Waals surface area contributed by atoms with Gasteiger partial charge < -0.3 is 0 Å². The number of rotatable bonds is 3. The maximum absolute atomic E-state index is 6.01. The van der Waals surface area contributed by atoms with Crippen molar-refractivity contribution < 1.29 is 0 Å². The summed E-state index contributed by atoms with van der Waals surface area (Å²) >= 11 is 6.01.